The Hall–Kier alpha value is -2.67. The summed E-state index contributed by atoms with van der Waals surface area (Å²) in [5.41, 5.74) is 0.357. The average molecular weight is 342 g/mol. The molecule has 0 unspecified atom stereocenters. The van der Waals surface area contributed by atoms with Crippen molar-refractivity contribution in [2.75, 3.05) is 0 Å². The SMILES string of the molecule is CC(C)(C)c1cnc(/C=C/c2cnc(N=c3ccccn3O)s2)o1. The Labute approximate surface area is 143 Å². The second-order valence-electron chi connectivity index (χ2n) is 6.21. The van der Waals surface area contributed by atoms with E-state index in [2.05, 4.69) is 35.7 Å². The lowest BCUT2D eigenvalue weighted by atomic mass is 9.94. The Morgan fingerprint density at radius 2 is 2.04 bits per heavy atom. The Morgan fingerprint density at radius 3 is 2.75 bits per heavy atom. The molecule has 0 atom stereocenters. The number of rotatable bonds is 3. The van der Waals surface area contributed by atoms with E-state index < -0.39 is 0 Å². The third kappa shape index (κ3) is 3.80. The lowest BCUT2D eigenvalue weighted by Crippen LogP contribution is -2.16. The molecule has 3 rings (SSSR count). The molecule has 1 N–H and O–H groups in total. The summed E-state index contributed by atoms with van der Waals surface area (Å²) in [5.74, 6) is 1.40. The summed E-state index contributed by atoms with van der Waals surface area (Å²) in [5, 5.41) is 10.2. The van der Waals surface area contributed by atoms with Crippen molar-refractivity contribution in [1.29, 1.82) is 0 Å². The summed E-state index contributed by atoms with van der Waals surface area (Å²) in [6.45, 7) is 6.24. The Bertz CT molecular complexity index is 928. The van der Waals surface area contributed by atoms with Gasteiger partial charge in [0.2, 0.25) is 11.0 Å². The fourth-order valence-electron chi connectivity index (χ4n) is 1.88. The van der Waals surface area contributed by atoms with E-state index in [0.717, 1.165) is 15.4 Å². The second kappa shape index (κ2) is 6.45. The molecule has 7 heteroatoms. The molecule has 6 nitrogen and oxygen atoms in total. The van der Waals surface area contributed by atoms with Crippen LogP contribution in [-0.2, 0) is 5.41 Å². The van der Waals surface area contributed by atoms with Crippen LogP contribution < -0.4 is 5.49 Å². The molecular formula is C17H18N4O2S. The van der Waals surface area contributed by atoms with Crippen molar-refractivity contribution in [3.05, 3.63) is 58.8 Å². The molecule has 3 aromatic heterocycles. The Morgan fingerprint density at radius 1 is 1.21 bits per heavy atom. The first-order valence-corrected chi connectivity index (χ1v) is 8.25. The van der Waals surface area contributed by atoms with Gasteiger partial charge in [0.1, 0.15) is 5.76 Å². The van der Waals surface area contributed by atoms with Crippen LogP contribution in [-0.4, -0.2) is 19.9 Å². The van der Waals surface area contributed by atoms with Crippen LogP contribution in [0.4, 0.5) is 5.13 Å². The second-order valence-corrected chi connectivity index (χ2v) is 7.25. The maximum Gasteiger partial charge on any atom is 0.218 e. The van der Waals surface area contributed by atoms with Gasteiger partial charge in [-0.3, -0.25) is 0 Å². The van der Waals surface area contributed by atoms with Crippen LogP contribution in [0, 0.1) is 0 Å². The zero-order chi connectivity index (χ0) is 17.2. The minimum Gasteiger partial charge on any atom is -0.441 e. The number of hydrogen-bond acceptors (Lipinski definition) is 6. The van der Waals surface area contributed by atoms with Crippen LogP contribution in [0.2, 0.25) is 0 Å². The number of hydrogen-bond donors (Lipinski definition) is 1. The highest BCUT2D eigenvalue weighted by Gasteiger charge is 2.18. The lowest BCUT2D eigenvalue weighted by molar-refractivity contribution is 0.172. The van der Waals surface area contributed by atoms with Gasteiger partial charge in [0, 0.05) is 28.8 Å². The topological polar surface area (TPSA) is 76.4 Å². The normalized spacial score (nSPS) is 13.0. The highest BCUT2D eigenvalue weighted by molar-refractivity contribution is 7.16. The van der Waals surface area contributed by atoms with Crippen LogP contribution in [0.15, 0.2) is 46.2 Å². The monoisotopic (exact) mass is 342 g/mol. The van der Waals surface area contributed by atoms with Gasteiger partial charge in [-0.25, -0.2) is 9.97 Å². The third-order valence-electron chi connectivity index (χ3n) is 3.19. The molecule has 0 radical (unpaired) electrons. The van der Waals surface area contributed by atoms with Gasteiger partial charge in [-0.2, -0.15) is 9.72 Å². The molecule has 0 fully saturated rings. The molecule has 24 heavy (non-hydrogen) atoms. The Balaban J connectivity index is 1.78. The first-order valence-electron chi connectivity index (χ1n) is 7.44. The van der Waals surface area contributed by atoms with Gasteiger partial charge in [-0.1, -0.05) is 38.2 Å². The maximum atomic E-state index is 9.66. The number of pyridine rings is 1. The molecule has 0 aliphatic carbocycles. The molecule has 0 aliphatic heterocycles. The van der Waals surface area contributed by atoms with Crippen LogP contribution in [0.25, 0.3) is 12.2 Å². The third-order valence-corrected chi connectivity index (χ3v) is 4.05. The van der Waals surface area contributed by atoms with Gasteiger partial charge >= 0.3 is 0 Å². The molecule has 0 saturated heterocycles. The van der Waals surface area contributed by atoms with Gasteiger partial charge in [0.05, 0.1) is 6.20 Å². The molecule has 0 spiro atoms. The average Bonchev–Trinajstić information content (AvgIpc) is 3.16. The van der Waals surface area contributed by atoms with E-state index >= 15 is 0 Å². The standard InChI is InChI=1S/C17H18N4O2S/c1-17(2,3)13-11-18-15(23-13)8-7-12-10-19-16(24-12)20-14-6-4-5-9-21(14)22/h4-11,22H,1-3H3/b8-7+,20-14?. The summed E-state index contributed by atoms with van der Waals surface area (Å²) < 4.78 is 6.67. The fraction of sp³-hybridized carbons (Fsp3) is 0.235. The molecule has 0 bridgehead atoms. The van der Waals surface area contributed by atoms with Crippen molar-refractivity contribution in [3.63, 3.8) is 0 Å². The van der Waals surface area contributed by atoms with E-state index in [1.165, 1.54) is 17.5 Å². The number of nitrogens with zero attached hydrogens (tertiary/aromatic N) is 4. The predicted molar refractivity (Wildman–Crippen MR) is 93.1 cm³/mol. The smallest absolute Gasteiger partial charge is 0.218 e. The minimum absolute atomic E-state index is 0.0645. The van der Waals surface area contributed by atoms with Gasteiger partial charge in [0.15, 0.2) is 5.49 Å². The highest BCUT2D eigenvalue weighted by Crippen LogP contribution is 2.25. The molecule has 0 aliphatic rings. The van der Waals surface area contributed by atoms with Crippen LogP contribution in [0.5, 0.6) is 0 Å². The van der Waals surface area contributed by atoms with E-state index in [1.807, 2.05) is 6.08 Å². The summed E-state index contributed by atoms with van der Waals surface area (Å²) in [6.07, 6.45) is 8.68. The maximum absolute atomic E-state index is 9.66. The van der Waals surface area contributed by atoms with Crippen LogP contribution in [0.3, 0.4) is 0 Å². The number of thiazole rings is 1. The number of oxazole rings is 1. The van der Waals surface area contributed by atoms with E-state index in [0.29, 0.717) is 16.5 Å². The Kier molecular flexibility index (Phi) is 4.35. The lowest BCUT2D eigenvalue weighted by Gasteiger charge is -2.12. The molecule has 3 aromatic rings. The van der Waals surface area contributed by atoms with Crippen molar-refractivity contribution < 1.29 is 9.62 Å². The molecule has 0 saturated carbocycles. The molecular weight excluding hydrogens is 324 g/mol. The van der Waals surface area contributed by atoms with E-state index in [9.17, 15) is 5.21 Å². The number of aromatic nitrogens is 3. The minimum atomic E-state index is -0.0645. The molecule has 3 heterocycles. The van der Waals surface area contributed by atoms with Crippen LogP contribution in [0.1, 0.15) is 37.3 Å². The van der Waals surface area contributed by atoms with Gasteiger partial charge in [-0.05, 0) is 18.2 Å². The van der Waals surface area contributed by atoms with E-state index in [4.69, 9.17) is 4.42 Å². The molecule has 0 aromatic carbocycles. The van der Waals surface area contributed by atoms with Gasteiger partial charge in [0.25, 0.3) is 0 Å². The zero-order valence-corrected chi connectivity index (χ0v) is 14.5. The first kappa shape index (κ1) is 16.2. The predicted octanol–water partition coefficient (Wildman–Crippen LogP) is 3.87. The quantitative estimate of drug-likeness (QED) is 0.733. The van der Waals surface area contributed by atoms with Gasteiger partial charge < -0.3 is 9.62 Å². The van der Waals surface area contributed by atoms with Crippen LogP contribution >= 0.6 is 11.3 Å². The largest absolute Gasteiger partial charge is 0.441 e. The van der Waals surface area contributed by atoms with E-state index in [-0.39, 0.29) is 5.41 Å². The zero-order valence-electron chi connectivity index (χ0n) is 13.7. The summed E-state index contributed by atoms with van der Waals surface area (Å²) in [6, 6.07) is 5.23. The summed E-state index contributed by atoms with van der Waals surface area (Å²) in [4.78, 5) is 13.7. The highest BCUT2D eigenvalue weighted by atomic mass is 32.1. The van der Waals surface area contributed by atoms with E-state index in [1.54, 1.807) is 36.7 Å². The molecule has 0 amide bonds. The van der Waals surface area contributed by atoms with Crippen molar-refractivity contribution in [2.24, 2.45) is 4.99 Å². The van der Waals surface area contributed by atoms with Crippen molar-refractivity contribution in [2.45, 2.75) is 26.2 Å². The summed E-state index contributed by atoms with van der Waals surface area (Å²) in [7, 11) is 0. The van der Waals surface area contributed by atoms with Crippen molar-refractivity contribution in [3.8, 4) is 0 Å². The van der Waals surface area contributed by atoms with Crippen molar-refractivity contribution in [1.82, 2.24) is 14.7 Å². The van der Waals surface area contributed by atoms with Crippen molar-refractivity contribution >= 4 is 28.6 Å². The fourth-order valence-corrected chi connectivity index (χ4v) is 2.58. The molecule has 124 valence electrons. The summed E-state index contributed by atoms with van der Waals surface area (Å²) >= 11 is 1.41. The van der Waals surface area contributed by atoms with Gasteiger partial charge in [-0.15, -0.1) is 0 Å². The first-order chi connectivity index (χ1) is 11.4.